The van der Waals surface area contributed by atoms with Crippen molar-refractivity contribution in [3.8, 4) is 0 Å². The first-order valence-electron chi connectivity index (χ1n) is 48.0. The molecule has 0 saturated heterocycles. The summed E-state index contributed by atoms with van der Waals surface area (Å²) in [6.45, 7) is 109. The highest BCUT2D eigenvalue weighted by Gasteiger charge is 2.46. The van der Waals surface area contributed by atoms with E-state index in [0.29, 0.717) is 61.6 Å². The maximum Gasteiger partial charge on any atom is 0.414 e. The van der Waals surface area contributed by atoms with Crippen LogP contribution in [0, 0.1) is 62.1 Å². The lowest BCUT2D eigenvalue weighted by atomic mass is 9.91. The van der Waals surface area contributed by atoms with Crippen LogP contribution in [0.15, 0.2) is 0 Å². The van der Waals surface area contributed by atoms with Crippen molar-refractivity contribution in [1.29, 1.82) is 0 Å². The van der Waals surface area contributed by atoms with Crippen LogP contribution in [0.25, 0.3) is 0 Å². The molecule has 0 fully saturated rings. The molecular formula is C119H283F11O12Si7. The van der Waals surface area contributed by atoms with E-state index in [-0.39, 0.29) is 223 Å². The maximum absolute atomic E-state index is 13.1. The molecule has 0 radical (unpaired) electrons. The van der Waals surface area contributed by atoms with E-state index in [1.807, 2.05) is 104 Å². The molecule has 1 rings (SSSR count). The largest absolute Gasteiger partial charge is 0.519 e. The normalized spacial score (nSPS) is 12.2. The van der Waals surface area contributed by atoms with Crippen molar-refractivity contribution in [1.82, 2.24) is 0 Å². The van der Waals surface area contributed by atoms with Gasteiger partial charge in [0.1, 0.15) is 14.7 Å². The lowest BCUT2D eigenvalue weighted by Crippen LogP contribution is -2.50. The Labute approximate surface area is 940 Å². The second kappa shape index (κ2) is 101. The van der Waals surface area contributed by atoms with Crippen LogP contribution >= 0.6 is 0 Å². The Bertz CT molecular complexity index is 3130. The van der Waals surface area contributed by atoms with Gasteiger partial charge >= 0.3 is 36.2 Å². The van der Waals surface area contributed by atoms with Crippen LogP contribution in [0.2, 0.25) is 157 Å². The van der Waals surface area contributed by atoms with E-state index >= 15 is 0 Å². The number of esters is 4. The van der Waals surface area contributed by atoms with Crippen molar-refractivity contribution in [2.45, 2.75) is 655 Å². The average molecular weight is 2310 g/mol. The van der Waals surface area contributed by atoms with E-state index in [1.54, 1.807) is 34.6 Å². The van der Waals surface area contributed by atoms with Gasteiger partial charge in [0.2, 0.25) is 5.82 Å². The smallest absolute Gasteiger partial charge is 0.414 e. The summed E-state index contributed by atoms with van der Waals surface area (Å²) in [6, 6.07) is 3.77. The molecule has 0 aliphatic rings. The van der Waals surface area contributed by atoms with Gasteiger partial charge in [-0.05, 0) is 206 Å². The topological polar surface area (TPSA) is 150 Å². The summed E-state index contributed by atoms with van der Waals surface area (Å²) in [7, 11) is -8.37. The van der Waals surface area contributed by atoms with Gasteiger partial charge in [-0.25, -0.2) is 22.0 Å². The van der Waals surface area contributed by atoms with Gasteiger partial charge in [-0.15, -0.1) is 0 Å². The fraction of sp³-hybridized carbons (Fsp3) is 0.908. The highest BCUT2D eigenvalue weighted by atomic mass is 28.4. The molecule has 149 heavy (non-hydrogen) atoms. The van der Waals surface area contributed by atoms with Gasteiger partial charge in [0.25, 0.3) is 14.3 Å². The number of halogens is 11. The van der Waals surface area contributed by atoms with Crippen molar-refractivity contribution >= 4 is 86.6 Å². The van der Waals surface area contributed by atoms with Gasteiger partial charge in [-0.3, -0.25) is 24.0 Å². The minimum absolute atomic E-state index is 0. The highest BCUT2D eigenvalue weighted by Crippen LogP contribution is 2.43. The first-order chi connectivity index (χ1) is 57.2. The third-order valence-corrected chi connectivity index (χ3v) is 46.0. The Balaban J connectivity index is -0.0000000395. The molecule has 0 N–H and O–H groups in total. The predicted molar refractivity (Wildman–Crippen MR) is 681 cm³/mol. The fourth-order valence-corrected chi connectivity index (χ4v) is 22.7. The van der Waals surface area contributed by atoms with Crippen LogP contribution in [0.3, 0.4) is 0 Å². The summed E-state index contributed by atoms with van der Waals surface area (Å²) in [4.78, 5) is 58.9. The molecule has 1 aromatic carbocycles. The maximum atomic E-state index is 13.1. The molecule has 30 heteroatoms. The number of benzene rings is 1. The lowest BCUT2D eigenvalue weighted by molar-refractivity contribution is -0.225. The molecule has 936 valence electrons. The zero-order chi connectivity index (χ0) is 105. The standard InChI is InChI=1S/C16H34O2Si.2C12H26O2Si.C11H24O2Si.C10H9F5.C10H22O2Si.C8H20Si.C7H13F3O.C7H18Si.C6H11F3O.20CH4/c1-10-16(8,9)15(17)18-11-19(12(2)3,13(4)5)14(6)7;1-9-12(5,6)10(13)14-15(7,8)11(2,3)4;1-7-12(2,3)11(13)14-9-8-10-15(4,5)6;1-7-11(2,3)10(12)13-8-9-14(4,5)6;1-3-4(2)5-6(11)8(13)10(15)9(14)7(5)12;1-7-10(2,3)9(11)12-8-13(4,5)6;1-6-8(2)7-9(3,4)5;1-4-5(2)11-6(3)7(8,9)10;1-6-7(2)8(3,4)5;1-3-5(2)10-4-6(7,8)9;;;;;;;;;;;;;;;;;;;;/h12-14H,10-11H2,1-9H3;9H2,1-8H3;7-10H2,1-6H3;7-9H2,1-6H3;4H,3H2,1-2H3;7-8H2,1-6H3;8H,6-7H2,1-5H3;5-6H,4H2,1-3H3;7H,6H2,1-5H3;5H,3-4H2,1-2H3;20*1H4. The number of carbonyl (C=O) groups is 5. The van der Waals surface area contributed by atoms with Gasteiger partial charge in [-0.2, -0.15) is 26.3 Å². The molecule has 0 amide bonds. The molecule has 6 atom stereocenters. The molecule has 6 unspecified atom stereocenters. The second-order valence-corrected chi connectivity index (χ2v) is 85.4. The van der Waals surface area contributed by atoms with Crippen molar-refractivity contribution < 1.29 is 105 Å². The summed E-state index contributed by atoms with van der Waals surface area (Å²) in [5.41, 5.74) is 0.468. The SMILES string of the molecule is C.C.C.C.C.C.C.C.C.C.C.C.C.C.C.C.C.C.C.C.CCC(C)(C)C(=O)OCCC[Si](C)(C)C.CCC(C)(C)C(=O)OCC[Si](C)(C)C.CCC(C)(C)C(=O)OC[Si](C(C)C)(C(C)C)C(C)C.CCC(C)(C)C(=O)OC[Si](C)(C)C.CCC(C)(C)C(=O)O[Si](C)(C)C(C)(C)C.CCC(C)C[Si](C)(C)C.CCC(C)OC(C)C(F)(F)F.CCC(C)OCC(F)(F)F.CCC(C)[Si](C)(C)C.CCC(C)c1c(F)c(F)c(F)c(F)c1F. The fourth-order valence-electron chi connectivity index (χ4n) is 10.2. The zero-order valence-electron chi connectivity index (χ0n) is 92.7. The average Bonchev–Trinajstić information content (AvgIpc) is 0.788. The van der Waals surface area contributed by atoms with E-state index < -0.39 is 122 Å². The number of hydrogen-bond acceptors (Lipinski definition) is 12. The van der Waals surface area contributed by atoms with Crippen LogP contribution in [0.4, 0.5) is 48.3 Å². The molecule has 0 spiro atoms. The van der Waals surface area contributed by atoms with Crippen LogP contribution < -0.4 is 0 Å². The Hall–Kier alpha value is -2.76. The lowest BCUT2D eigenvalue weighted by Gasteiger charge is -2.42. The molecule has 0 bridgehead atoms. The Morgan fingerprint density at radius 2 is 0.591 bits per heavy atom. The van der Waals surface area contributed by atoms with Gasteiger partial charge in [0.05, 0.1) is 73.0 Å². The molecule has 0 aromatic heterocycles. The van der Waals surface area contributed by atoms with Crippen molar-refractivity contribution in [3.05, 3.63) is 34.6 Å². The molecule has 0 aliphatic heterocycles. The van der Waals surface area contributed by atoms with Crippen LogP contribution in [-0.2, 0) is 56.8 Å². The monoisotopic (exact) mass is 2310 g/mol. The van der Waals surface area contributed by atoms with E-state index in [9.17, 15) is 72.3 Å². The van der Waals surface area contributed by atoms with Gasteiger partial charge in [-0.1, -0.05) is 424 Å². The van der Waals surface area contributed by atoms with E-state index in [2.05, 4.69) is 211 Å². The molecule has 12 nitrogen and oxygen atoms in total. The molecule has 1 aromatic rings. The van der Waals surface area contributed by atoms with Crippen molar-refractivity contribution in [3.63, 3.8) is 0 Å². The van der Waals surface area contributed by atoms with E-state index in [4.69, 9.17) is 23.4 Å². The van der Waals surface area contributed by atoms with Crippen LogP contribution in [0.1, 0.15) is 473 Å². The third kappa shape index (κ3) is 108. The summed E-state index contributed by atoms with van der Waals surface area (Å²) in [6.07, 6.45) is -0.0478. The molecule has 0 saturated carbocycles. The zero-order valence-corrected chi connectivity index (χ0v) is 99.7. The Kier molecular flexibility index (Phi) is 152. The second-order valence-electron chi connectivity index (χ2n) is 46.8. The Morgan fingerprint density at radius 1 is 0.315 bits per heavy atom. The summed E-state index contributed by atoms with van der Waals surface area (Å²) < 4.78 is 171. The number of ether oxygens (including phenoxy) is 6. The van der Waals surface area contributed by atoms with E-state index in [0.717, 1.165) is 63.0 Å². The molecule has 0 heterocycles. The first-order valence-corrected chi connectivity index (χ1v) is 71.8. The molecule has 0 aliphatic carbocycles. The van der Waals surface area contributed by atoms with Crippen LogP contribution in [-0.4, -0.2) is 150 Å². The highest BCUT2D eigenvalue weighted by molar-refractivity contribution is 6.83. The predicted octanol–water partition coefficient (Wildman–Crippen LogP) is 47.2. The van der Waals surface area contributed by atoms with Gasteiger partial charge < -0.3 is 32.8 Å². The van der Waals surface area contributed by atoms with Crippen molar-refractivity contribution in [2.75, 3.05) is 32.3 Å². The number of hydrogen-bond donors (Lipinski definition) is 0. The minimum atomic E-state index is -4.23. The number of alkyl halides is 6. The van der Waals surface area contributed by atoms with Crippen molar-refractivity contribution in [2.24, 2.45) is 33.0 Å². The third-order valence-electron chi connectivity index (χ3n) is 24.7. The number of carbonyl (C=O) groups excluding carboxylic acids is 5. The minimum Gasteiger partial charge on any atom is -0.519 e. The van der Waals surface area contributed by atoms with Gasteiger partial charge in [0.15, 0.2) is 29.4 Å². The number of rotatable bonds is 38. The Morgan fingerprint density at radius 3 is 0.799 bits per heavy atom. The van der Waals surface area contributed by atoms with E-state index in [1.165, 1.54) is 31.9 Å². The molecular weight excluding hydrogens is 2030 g/mol. The van der Waals surface area contributed by atoms with Crippen LogP contribution in [0.5, 0.6) is 0 Å². The summed E-state index contributed by atoms with van der Waals surface area (Å²) in [5.74, 6) is -9.36. The first kappa shape index (κ1) is 224. The summed E-state index contributed by atoms with van der Waals surface area (Å²) in [5, 5.41) is 0.0898. The summed E-state index contributed by atoms with van der Waals surface area (Å²) >= 11 is 0. The van der Waals surface area contributed by atoms with Gasteiger partial charge in [0, 0.05) is 37.9 Å². The quantitative estimate of drug-likeness (QED) is 0.0118.